The number of carbonyl (C=O) groups excluding carboxylic acids is 4. The van der Waals surface area contributed by atoms with Gasteiger partial charge in [0.05, 0.1) is 43.8 Å². The lowest BCUT2D eigenvalue weighted by atomic mass is 10.1. The molecule has 0 aliphatic carbocycles. The second-order valence-electron chi connectivity index (χ2n) is 12.0. The van der Waals surface area contributed by atoms with Gasteiger partial charge in [0.2, 0.25) is 5.91 Å². The van der Waals surface area contributed by atoms with Crippen molar-refractivity contribution in [1.82, 2.24) is 14.0 Å². The van der Waals surface area contributed by atoms with Crippen molar-refractivity contribution in [1.29, 1.82) is 0 Å². The summed E-state index contributed by atoms with van der Waals surface area (Å²) in [7, 11) is 6.36. The zero-order valence-electron chi connectivity index (χ0n) is 27.8. The number of hydrogen-bond donors (Lipinski definition) is 2. The number of methoxy groups -OCH3 is 2. The predicted octanol–water partition coefficient (Wildman–Crippen LogP) is 5.20. The Bertz CT molecular complexity index is 1940. The molecule has 2 N–H and O–H groups in total. The summed E-state index contributed by atoms with van der Waals surface area (Å²) in [4.78, 5) is 57.2. The van der Waals surface area contributed by atoms with Gasteiger partial charge in [-0.3, -0.25) is 19.4 Å². The molecule has 2 aliphatic heterocycles. The number of rotatable bonds is 11. The van der Waals surface area contributed by atoms with Crippen LogP contribution < -0.4 is 20.1 Å². The molecule has 3 amide bonds. The maximum Gasteiger partial charge on any atom is 0.354 e. The van der Waals surface area contributed by atoms with E-state index in [-0.39, 0.29) is 36.8 Å². The number of nitrogens with zero attached hydrogens (tertiary/aromatic N) is 4. The van der Waals surface area contributed by atoms with Gasteiger partial charge >= 0.3 is 5.97 Å². The van der Waals surface area contributed by atoms with Crippen LogP contribution in [0.2, 0.25) is 0 Å². The number of hydrogen-bond acceptors (Lipinski definition) is 8. The summed E-state index contributed by atoms with van der Waals surface area (Å²) in [6, 6.07) is 14.0. The SMILES string of the molecule is COC(=O)c1cc(-c2ccc(NC(=O)c3cc(NC(=O)CCCOc4cc5c(cc4OC)C(=O)N4CCC[C@H]4C=N5)cn3C)cc2)cn1C. The summed E-state index contributed by atoms with van der Waals surface area (Å²) < 4.78 is 19.6. The lowest BCUT2D eigenvalue weighted by Gasteiger charge is -2.20. The number of nitrogens with one attached hydrogen (secondary N) is 2. The van der Waals surface area contributed by atoms with Crippen molar-refractivity contribution in [3.05, 3.63) is 77.9 Å². The van der Waals surface area contributed by atoms with Crippen molar-refractivity contribution in [2.45, 2.75) is 31.7 Å². The third-order valence-electron chi connectivity index (χ3n) is 8.66. The van der Waals surface area contributed by atoms with Crippen molar-refractivity contribution in [2.24, 2.45) is 19.1 Å². The molecular formula is C36H38N6O7. The number of aryl methyl sites for hydroxylation is 2. The normalized spacial score (nSPS) is 14.9. The Kier molecular flexibility index (Phi) is 9.51. The van der Waals surface area contributed by atoms with E-state index in [0.29, 0.717) is 58.5 Å². The maximum atomic E-state index is 13.1. The van der Waals surface area contributed by atoms with E-state index in [2.05, 4.69) is 15.6 Å². The van der Waals surface area contributed by atoms with Crippen LogP contribution in [0.5, 0.6) is 11.5 Å². The molecule has 2 aromatic heterocycles. The summed E-state index contributed by atoms with van der Waals surface area (Å²) in [6.07, 6.45) is 7.80. The van der Waals surface area contributed by atoms with E-state index < -0.39 is 5.97 Å². The molecule has 0 bridgehead atoms. The summed E-state index contributed by atoms with van der Waals surface area (Å²) >= 11 is 0. The van der Waals surface area contributed by atoms with E-state index in [1.54, 1.807) is 65.8 Å². The van der Waals surface area contributed by atoms with E-state index in [0.717, 1.165) is 24.0 Å². The second kappa shape index (κ2) is 14.1. The van der Waals surface area contributed by atoms with Gasteiger partial charge in [0, 0.05) is 63.0 Å². The van der Waals surface area contributed by atoms with Crippen molar-refractivity contribution in [3.8, 4) is 22.6 Å². The van der Waals surface area contributed by atoms with Gasteiger partial charge in [-0.15, -0.1) is 0 Å². The van der Waals surface area contributed by atoms with Gasteiger partial charge in [-0.05, 0) is 55.2 Å². The number of aliphatic imine (C=N–C) groups is 1. The van der Waals surface area contributed by atoms with Crippen LogP contribution in [0.25, 0.3) is 11.1 Å². The van der Waals surface area contributed by atoms with E-state index in [1.165, 1.54) is 14.2 Å². The number of amides is 3. The Morgan fingerprint density at radius 1 is 0.898 bits per heavy atom. The van der Waals surface area contributed by atoms with Gasteiger partial charge in [-0.1, -0.05) is 12.1 Å². The summed E-state index contributed by atoms with van der Waals surface area (Å²) in [5, 5.41) is 5.73. The topological polar surface area (TPSA) is 145 Å². The molecule has 4 aromatic rings. The van der Waals surface area contributed by atoms with Crippen LogP contribution in [0.3, 0.4) is 0 Å². The van der Waals surface area contributed by atoms with Crippen LogP contribution >= 0.6 is 0 Å². The first kappa shape index (κ1) is 33.1. The molecule has 4 heterocycles. The molecule has 49 heavy (non-hydrogen) atoms. The molecule has 0 saturated carbocycles. The van der Waals surface area contributed by atoms with Crippen LogP contribution in [0.15, 0.2) is 65.9 Å². The molecule has 13 nitrogen and oxygen atoms in total. The molecule has 0 spiro atoms. The average molecular weight is 667 g/mol. The van der Waals surface area contributed by atoms with Crippen LogP contribution in [-0.4, -0.2) is 77.4 Å². The summed E-state index contributed by atoms with van der Waals surface area (Å²) in [5.74, 6) is -0.154. The number of aromatic nitrogens is 2. The predicted molar refractivity (Wildman–Crippen MR) is 184 cm³/mol. The van der Waals surface area contributed by atoms with E-state index in [9.17, 15) is 19.2 Å². The van der Waals surface area contributed by atoms with Crippen LogP contribution in [0.1, 0.15) is 57.0 Å². The van der Waals surface area contributed by atoms with Gasteiger partial charge in [0.25, 0.3) is 11.8 Å². The standard InChI is InChI=1S/C36H38N6O7/c1-40-20-23(15-30(40)36(46)48-4)22-9-11-24(12-10-22)39-34(44)29-16-25(21-41(29)2)38-33(43)8-6-14-49-32-18-28-27(17-31(32)47-3)35(45)42-13-5-7-26(42)19-37-28/h9-12,15-21,26H,5-8,13-14H2,1-4H3,(H,38,43)(H,39,44)/t26-/m0/s1. The largest absolute Gasteiger partial charge is 0.493 e. The first-order valence-electron chi connectivity index (χ1n) is 16.0. The highest BCUT2D eigenvalue weighted by molar-refractivity contribution is 6.05. The fourth-order valence-corrected chi connectivity index (χ4v) is 6.09. The summed E-state index contributed by atoms with van der Waals surface area (Å²) in [6.45, 7) is 0.954. The molecule has 0 radical (unpaired) electrons. The Balaban J connectivity index is 1.00. The highest BCUT2D eigenvalue weighted by Gasteiger charge is 2.32. The lowest BCUT2D eigenvalue weighted by Crippen LogP contribution is -2.35. The van der Waals surface area contributed by atoms with E-state index >= 15 is 0 Å². The van der Waals surface area contributed by atoms with Crippen molar-refractivity contribution in [2.75, 3.05) is 38.0 Å². The molecule has 254 valence electrons. The Hall–Kier alpha value is -5.85. The number of carbonyl (C=O) groups is 4. The van der Waals surface area contributed by atoms with E-state index in [4.69, 9.17) is 14.2 Å². The highest BCUT2D eigenvalue weighted by Crippen LogP contribution is 2.38. The fourth-order valence-electron chi connectivity index (χ4n) is 6.09. The van der Waals surface area contributed by atoms with Crippen LogP contribution in [0.4, 0.5) is 17.1 Å². The van der Waals surface area contributed by atoms with Crippen molar-refractivity contribution < 1.29 is 33.4 Å². The van der Waals surface area contributed by atoms with Gasteiger partial charge < -0.3 is 38.9 Å². The molecule has 2 aliphatic rings. The number of fused-ring (bicyclic) bond motifs is 2. The third-order valence-corrected chi connectivity index (χ3v) is 8.66. The smallest absolute Gasteiger partial charge is 0.354 e. The van der Waals surface area contributed by atoms with Crippen molar-refractivity contribution >= 4 is 47.0 Å². The Morgan fingerprint density at radius 2 is 1.67 bits per heavy atom. The van der Waals surface area contributed by atoms with Crippen LogP contribution in [-0.2, 0) is 23.6 Å². The number of esters is 1. The van der Waals surface area contributed by atoms with Crippen molar-refractivity contribution in [3.63, 3.8) is 0 Å². The maximum absolute atomic E-state index is 13.1. The molecule has 1 saturated heterocycles. The first-order valence-corrected chi connectivity index (χ1v) is 16.0. The minimum atomic E-state index is -0.418. The Morgan fingerprint density at radius 3 is 2.43 bits per heavy atom. The molecule has 1 fully saturated rings. The average Bonchev–Trinajstić information content (AvgIpc) is 3.81. The minimum absolute atomic E-state index is 0.00737. The summed E-state index contributed by atoms with van der Waals surface area (Å²) in [5.41, 5.74) is 4.63. The Labute approximate surface area is 283 Å². The molecule has 1 atom stereocenters. The molecular weight excluding hydrogens is 628 g/mol. The van der Waals surface area contributed by atoms with Gasteiger partial charge in [-0.2, -0.15) is 0 Å². The molecule has 0 unspecified atom stereocenters. The number of anilines is 2. The van der Waals surface area contributed by atoms with Gasteiger partial charge in [0.1, 0.15) is 11.4 Å². The number of ether oxygens (including phenoxy) is 3. The quantitative estimate of drug-likeness (QED) is 0.165. The molecule has 13 heteroatoms. The monoisotopic (exact) mass is 666 g/mol. The van der Waals surface area contributed by atoms with E-state index in [1.807, 2.05) is 29.4 Å². The molecule has 2 aromatic carbocycles. The lowest BCUT2D eigenvalue weighted by molar-refractivity contribution is -0.116. The van der Waals surface area contributed by atoms with Crippen LogP contribution in [0, 0.1) is 0 Å². The number of benzene rings is 2. The minimum Gasteiger partial charge on any atom is -0.493 e. The zero-order valence-corrected chi connectivity index (χ0v) is 27.8. The van der Waals surface area contributed by atoms with Gasteiger partial charge in [0.15, 0.2) is 11.5 Å². The highest BCUT2D eigenvalue weighted by atomic mass is 16.5. The molecule has 6 rings (SSSR count). The first-order chi connectivity index (χ1) is 23.6. The second-order valence-corrected chi connectivity index (χ2v) is 12.0. The van der Waals surface area contributed by atoms with Gasteiger partial charge in [-0.25, -0.2) is 4.79 Å². The zero-order chi connectivity index (χ0) is 34.7. The fraction of sp³-hybridized carbons (Fsp3) is 0.306. The third kappa shape index (κ3) is 7.05.